The molecule has 2 aromatic carbocycles. The van der Waals surface area contributed by atoms with Crippen LogP contribution in [0, 0.1) is 5.92 Å². The Hall–Kier alpha value is -2.61. The Labute approximate surface area is 236 Å². The molecule has 1 aliphatic rings. The molecule has 0 aromatic heterocycles. The lowest BCUT2D eigenvalue weighted by Crippen LogP contribution is -2.61. The van der Waals surface area contributed by atoms with Crippen LogP contribution < -0.4 is 9.64 Å². The summed E-state index contributed by atoms with van der Waals surface area (Å²) in [6.07, 6.45) is 3.73. The number of benzene rings is 2. The average molecular weight is 554 g/mol. The highest BCUT2D eigenvalue weighted by Crippen LogP contribution is 2.53. The smallest absolute Gasteiger partial charge is 0.414 e. The minimum absolute atomic E-state index is 0.00109. The molecule has 0 N–H and O–H groups in total. The Bertz CT molecular complexity index is 1100. The van der Waals surface area contributed by atoms with E-state index in [1.165, 1.54) is 4.90 Å². The number of hydrogen-bond acceptors (Lipinski definition) is 5. The molecule has 214 valence electrons. The second-order valence-corrected chi connectivity index (χ2v) is 18.3. The number of carbonyl (C=O) groups is 1. The molecule has 0 bridgehead atoms. The lowest BCUT2D eigenvalue weighted by atomic mass is 10.1. The van der Waals surface area contributed by atoms with Crippen molar-refractivity contribution >= 4 is 32.5 Å². The maximum Gasteiger partial charge on any atom is 0.414 e. The molecule has 2 aromatic rings. The number of anilines is 1. The van der Waals surface area contributed by atoms with Gasteiger partial charge >= 0.3 is 14.7 Å². The summed E-state index contributed by atoms with van der Waals surface area (Å²) in [5.41, 5.74) is 2.37. The highest BCUT2D eigenvalue weighted by molar-refractivity contribution is 6.73. The van der Waals surface area contributed by atoms with Crippen LogP contribution in [0.3, 0.4) is 0 Å². The SMILES string of the molecule is CN(C(=O)OC(C)(C)C)c1ccc(/C=C/c2ccc(OCC3CO[Si](C(C)(C)C)(C(C)(C)C)OC3)cc2)cc1. The number of rotatable bonds is 6. The van der Waals surface area contributed by atoms with Crippen LogP contribution in [-0.2, 0) is 13.6 Å². The highest BCUT2D eigenvalue weighted by Gasteiger charge is 2.59. The van der Waals surface area contributed by atoms with Gasteiger partial charge in [0.25, 0.3) is 0 Å². The Morgan fingerprint density at radius 2 is 1.31 bits per heavy atom. The molecular formula is C32H47NO5Si. The summed E-state index contributed by atoms with van der Waals surface area (Å²) in [6.45, 7) is 20.9. The first kappa shape index (κ1) is 30.9. The van der Waals surface area contributed by atoms with E-state index in [0.29, 0.717) is 19.8 Å². The van der Waals surface area contributed by atoms with E-state index in [2.05, 4.69) is 47.6 Å². The van der Waals surface area contributed by atoms with Crippen LogP contribution in [0.4, 0.5) is 10.5 Å². The lowest BCUT2D eigenvalue weighted by Gasteiger charge is -2.52. The molecule has 1 amide bonds. The van der Waals surface area contributed by atoms with E-state index in [1.54, 1.807) is 7.05 Å². The molecule has 7 heteroatoms. The molecule has 1 fully saturated rings. The summed E-state index contributed by atoms with van der Waals surface area (Å²) in [4.78, 5) is 13.8. The monoisotopic (exact) mass is 553 g/mol. The fraction of sp³-hybridized carbons (Fsp3) is 0.531. The molecular weight excluding hydrogens is 506 g/mol. The summed E-state index contributed by atoms with van der Waals surface area (Å²) in [7, 11) is -0.678. The van der Waals surface area contributed by atoms with Gasteiger partial charge in [-0.25, -0.2) is 4.79 Å². The summed E-state index contributed by atoms with van der Waals surface area (Å²) >= 11 is 0. The Balaban J connectivity index is 1.51. The van der Waals surface area contributed by atoms with E-state index < -0.39 is 14.2 Å². The van der Waals surface area contributed by atoms with Gasteiger partial charge in [0.2, 0.25) is 0 Å². The second-order valence-electron chi connectivity index (χ2n) is 13.4. The number of carbonyl (C=O) groups excluding carboxylic acids is 1. The van der Waals surface area contributed by atoms with Gasteiger partial charge in [-0.05, 0) is 56.2 Å². The highest BCUT2D eigenvalue weighted by atomic mass is 28.4. The van der Waals surface area contributed by atoms with Crippen molar-refractivity contribution in [3.05, 3.63) is 59.7 Å². The first-order chi connectivity index (χ1) is 18.0. The van der Waals surface area contributed by atoms with Crippen molar-refractivity contribution in [2.45, 2.75) is 78.0 Å². The van der Waals surface area contributed by atoms with Gasteiger partial charge < -0.3 is 18.3 Å². The van der Waals surface area contributed by atoms with Crippen molar-refractivity contribution in [3.63, 3.8) is 0 Å². The van der Waals surface area contributed by atoms with Gasteiger partial charge in [-0.15, -0.1) is 0 Å². The molecule has 3 rings (SSSR count). The number of amides is 1. The maximum absolute atomic E-state index is 12.3. The number of hydrogen-bond donors (Lipinski definition) is 0. The van der Waals surface area contributed by atoms with Crippen LogP contribution in [0.5, 0.6) is 5.75 Å². The van der Waals surface area contributed by atoms with Gasteiger partial charge in [-0.1, -0.05) is 78.0 Å². The molecule has 1 heterocycles. The molecule has 0 unspecified atom stereocenters. The van der Waals surface area contributed by atoms with Crippen LogP contribution in [-0.4, -0.2) is 47.1 Å². The summed E-state index contributed by atoms with van der Waals surface area (Å²) < 4.78 is 24.6. The van der Waals surface area contributed by atoms with Crippen molar-refractivity contribution in [2.24, 2.45) is 5.92 Å². The summed E-state index contributed by atoms with van der Waals surface area (Å²) in [5.74, 6) is 1.05. The van der Waals surface area contributed by atoms with E-state index in [1.807, 2.05) is 75.4 Å². The van der Waals surface area contributed by atoms with Crippen LogP contribution >= 0.6 is 0 Å². The molecule has 39 heavy (non-hydrogen) atoms. The van der Waals surface area contributed by atoms with Gasteiger partial charge in [0.05, 0.1) is 6.61 Å². The fourth-order valence-corrected chi connectivity index (χ4v) is 9.98. The normalized spacial score (nSPS) is 16.8. The van der Waals surface area contributed by atoms with E-state index in [9.17, 15) is 4.79 Å². The van der Waals surface area contributed by atoms with E-state index >= 15 is 0 Å². The van der Waals surface area contributed by atoms with Gasteiger partial charge in [-0.2, -0.15) is 0 Å². The molecule has 1 aliphatic heterocycles. The maximum atomic E-state index is 12.3. The van der Waals surface area contributed by atoms with Crippen LogP contribution in [0.15, 0.2) is 48.5 Å². The van der Waals surface area contributed by atoms with Crippen molar-refractivity contribution in [1.82, 2.24) is 0 Å². The van der Waals surface area contributed by atoms with Gasteiger partial charge in [0.15, 0.2) is 0 Å². The Morgan fingerprint density at radius 1 is 0.846 bits per heavy atom. The minimum atomic E-state index is -2.39. The molecule has 0 radical (unpaired) electrons. The zero-order chi connectivity index (χ0) is 29.1. The first-order valence-corrected chi connectivity index (χ1v) is 15.6. The summed E-state index contributed by atoms with van der Waals surface area (Å²) in [6, 6.07) is 15.9. The molecule has 0 atom stereocenters. The molecule has 0 aliphatic carbocycles. The topological polar surface area (TPSA) is 57.2 Å². The van der Waals surface area contributed by atoms with Crippen LogP contribution in [0.25, 0.3) is 12.2 Å². The zero-order valence-corrected chi connectivity index (χ0v) is 26.5. The second kappa shape index (κ2) is 11.9. The van der Waals surface area contributed by atoms with Crippen molar-refractivity contribution in [3.8, 4) is 5.75 Å². The molecule has 1 saturated heterocycles. The van der Waals surface area contributed by atoms with E-state index in [-0.39, 0.29) is 22.1 Å². The lowest BCUT2D eigenvalue weighted by molar-refractivity contribution is 0.0145. The van der Waals surface area contributed by atoms with Crippen molar-refractivity contribution in [2.75, 3.05) is 31.8 Å². The van der Waals surface area contributed by atoms with Gasteiger partial charge in [0.1, 0.15) is 11.4 Å². The Morgan fingerprint density at radius 3 is 1.74 bits per heavy atom. The van der Waals surface area contributed by atoms with Crippen LogP contribution in [0.2, 0.25) is 10.1 Å². The molecule has 0 spiro atoms. The van der Waals surface area contributed by atoms with E-state index in [0.717, 1.165) is 22.6 Å². The minimum Gasteiger partial charge on any atom is -0.493 e. The third kappa shape index (κ3) is 7.96. The van der Waals surface area contributed by atoms with Crippen LogP contribution in [0.1, 0.15) is 73.4 Å². The van der Waals surface area contributed by atoms with E-state index in [4.69, 9.17) is 18.3 Å². The average Bonchev–Trinajstić information content (AvgIpc) is 2.84. The Kier molecular flexibility index (Phi) is 9.41. The van der Waals surface area contributed by atoms with Crippen molar-refractivity contribution < 1.29 is 23.1 Å². The fourth-order valence-electron chi connectivity index (χ4n) is 4.97. The van der Waals surface area contributed by atoms with Crippen molar-refractivity contribution in [1.29, 1.82) is 0 Å². The first-order valence-electron chi connectivity index (χ1n) is 13.8. The largest absolute Gasteiger partial charge is 0.493 e. The molecule has 0 saturated carbocycles. The zero-order valence-electron chi connectivity index (χ0n) is 25.5. The summed E-state index contributed by atoms with van der Waals surface area (Å²) in [5, 5.41) is -0.00218. The molecule has 6 nitrogen and oxygen atoms in total. The standard InChI is InChI=1S/C32H47NO5Si/c1-30(2,3)38-29(34)33(10)27-17-13-24(14-18-27)11-12-25-15-19-28(20-16-25)35-21-26-22-36-39(37-23-26,31(4,5)6)32(7,8)9/h11-20,26H,21-23H2,1-10H3/b12-11+. The predicted molar refractivity (Wildman–Crippen MR) is 163 cm³/mol. The third-order valence-electron chi connectivity index (χ3n) is 6.80. The number of ether oxygens (including phenoxy) is 2. The third-order valence-corrected chi connectivity index (χ3v) is 11.9. The quantitative estimate of drug-likeness (QED) is 0.266. The van der Waals surface area contributed by atoms with Gasteiger partial charge in [0, 0.05) is 41.9 Å². The van der Waals surface area contributed by atoms with Gasteiger partial charge in [-0.3, -0.25) is 4.90 Å². The predicted octanol–water partition coefficient (Wildman–Crippen LogP) is 8.31. The number of nitrogens with zero attached hydrogens (tertiary/aromatic N) is 1.